The number of imide groups is 1. The summed E-state index contributed by atoms with van der Waals surface area (Å²) in [5.41, 5.74) is 1.58. The van der Waals surface area contributed by atoms with Gasteiger partial charge in [-0.05, 0) is 54.6 Å². The first-order valence-electron chi connectivity index (χ1n) is 8.23. The molecule has 6 heteroatoms. The van der Waals surface area contributed by atoms with Crippen LogP contribution >= 0.6 is 11.6 Å². The fraction of sp³-hybridized carbons (Fsp3) is 0.0476. The molecular formula is C21H14ClNO4. The van der Waals surface area contributed by atoms with Gasteiger partial charge in [0.2, 0.25) is 0 Å². The number of rotatable bonds is 4. The Balaban J connectivity index is 1.67. The van der Waals surface area contributed by atoms with Crippen LogP contribution in [-0.2, 0) is 6.61 Å². The van der Waals surface area contributed by atoms with Crippen LogP contribution in [0.3, 0.4) is 0 Å². The number of nitrogens with zero attached hydrogens (tertiary/aromatic N) is 1. The standard InChI is InChI=1S/C21H14ClNO4/c22-14-5-8-16(9-6-14)27-19-10-7-15(11-13(19)12-24)23-20(25)17-3-1-2-4-18(17)21(23)26/h1-11,24H,12H2. The first-order chi connectivity index (χ1) is 13.1. The monoisotopic (exact) mass is 379 g/mol. The number of amides is 2. The zero-order chi connectivity index (χ0) is 19.0. The van der Waals surface area contributed by atoms with Gasteiger partial charge < -0.3 is 9.84 Å². The molecule has 134 valence electrons. The zero-order valence-electron chi connectivity index (χ0n) is 14.1. The maximum atomic E-state index is 12.6. The van der Waals surface area contributed by atoms with Crippen molar-refractivity contribution in [3.63, 3.8) is 0 Å². The van der Waals surface area contributed by atoms with Gasteiger partial charge in [-0.25, -0.2) is 4.90 Å². The smallest absolute Gasteiger partial charge is 0.266 e. The molecule has 1 N–H and O–H groups in total. The van der Waals surface area contributed by atoms with Gasteiger partial charge in [0.1, 0.15) is 11.5 Å². The topological polar surface area (TPSA) is 66.8 Å². The van der Waals surface area contributed by atoms with E-state index in [1.165, 1.54) is 0 Å². The quantitative estimate of drug-likeness (QED) is 0.681. The average Bonchev–Trinajstić information content (AvgIpc) is 2.95. The van der Waals surface area contributed by atoms with Crippen molar-refractivity contribution in [3.05, 3.63) is 88.4 Å². The molecule has 1 aliphatic rings. The van der Waals surface area contributed by atoms with Gasteiger partial charge in [-0.3, -0.25) is 9.59 Å². The first kappa shape index (κ1) is 17.3. The molecule has 0 aromatic heterocycles. The molecule has 0 saturated heterocycles. The second-order valence-electron chi connectivity index (χ2n) is 6.00. The first-order valence-corrected chi connectivity index (χ1v) is 8.61. The van der Waals surface area contributed by atoms with Crippen LogP contribution in [0.2, 0.25) is 5.02 Å². The molecule has 0 unspecified atom stereocenters. The number of ether oxygens (including phenoxy) is 1. The van der Waals surface area contributed by atoms with Crippen molar-refractivity contribution in [1.29, 1.82) is 0 Å². The predicted molar refractivity (Wildman–Crippen MR) is 101 cm³/mol. The molecule has 27 heavy (non-hydrogen) atoms. The van der Waals surface area contributed by atoms with E-state index in [1.807, 2.05) is 0 Å². The number of fused-ring (bicyclic) bond motifs is 1. The largest absolute Gasteiger partial charge is 0.457 e. The average molecular weight is 380 g/mol. The lowest BCUT2D eigenvalue weighted by atomic mass is 10.1. The Morgan fingerprint density at radius 3 is 2.11 bits per heavy atom. The van der Waals surface area contributed by atoms with Crippen LogP contribution in [0.25, 0.3) is 0 Å². The van der Waals surface area contributed by atoms with E-state index in [1.54, 1.807) is 66.7 Å². The lowest BCUT2D eigenvalue weighted by Crippen LogP contribution is -2.29. The van der Waals surface area contributed by atoms with Crippen LogP contribution in [-0.4, -0.2) is 16.9 Å². The highest BCUT2D eigenvalue weighted by atomic mass is 35.5. The zero-order valence-corrected chi connectivity index (χ0v) is 14.8. The second kappa shape index (κ2) is 6.87. The molecule has 2 amide bonds. The number of anilines is 1. The van der Waals surface area contributed by atoms with E-state index in [0.29, 0.717) is 38.9 Å². The van der Waals surface area contributed by atoms with E-state index >= 15 is 0 Å². The van der Waals surface area contributed by atoms with Gasteiger partial charge in [0.15, 0.2) is 0 Å². The third kappa shape index (κ3) is 3.07. The van der Waals surface area contributed by atoms with Crippen LogP contribution in [0.15, 0.2) is 66.7 Å². The molecule has 0 fully saturated rings. The van der Waals surface area contributed by atoms with Crippen molar-refractivity contribution < 1.29 is 19.4 Å². The van der Waals surface area contributed by atoms with E-state index in [-0.39, 0.29) is 18.4 Å². The Kier molecular flexibility index (Phi) is 4.39. The molecule has 0 spiro atoms. The molecule has 4 rings (SSSR count). The molecular weight excluding hydrogens is 366 g/mol. The van der Waals surface area contributed by atoms with Gasteiger partial charge in [0.05, 0.1) is 23.4 Å². The summed E-state index contributed by atoms with van der Waals surface area (Å²) in [5.74, 6) is 0.222. The Morgan fingerprint density at radius 1 is 0.889 bits per heavy atom. The Bertz CT molecular complexity index is 1010. The van der Waals surface area contributed by atoms with E-state index < -0.39 is 0 Å². The molecule has 1 heterocycles. The van der Waals surface area contributed by atoms with Crippen molar-refractivity contribution in [2.75, 3.05) is 4.90 Å². The maximum absolute atomic E-state index is 12.6. The lowest BCUT2D eigenvalue weighted by molar-refractivity contribution is 0.0926. The van der Waals surface area contributed by atoms with E-state index in [2.05, 4.69) is 0 Å². The maximum Gasteiger partial charge on any atom is 0.266 e. The summed E-state index contributed by atoms with van der Waals surface area (Å²) in [5, 5.41) is 10.3. The molecule has 0 atom stereocenters. The summed E-state index contributed by atoms with van der Waals surface area (Å²) in [4.78, 5) is 26.3. The number of aliphatic hydroxyl groups is 1. The van der Waals surface area contributed by atoms with Crippen molar-refractivity contribution >= 4 is 29.1 Å². The third-order valence-corrected chi connectivity index (χ3v) is 4.56. The van der Waals surface area contributed by atoms with Crippen molar-refractivity contribution in [3.8, 4) is 11.5 Å². The normalized spacial score (nSPS) is 13.0. The number of hydrogen-bond acceptors (Lipinski definition) is 4. The van der Waals surface area contributed by atoms with Crippen molar-refractivity contribution in [1.82, 2.24) is 0 Å². The van der Waals surface area contributed by atoms with Gasteiger partial charge in [-0.2, -0.15) is 0 Å². The van der Waals surface area contributed by atoms with E-state index in [9.17, 15) is 14.7 Å². The molecule has 1 aliphatic heterocycles. The number of hydrogen-bond donors (Lipinski definition) is 1. The molecule has 0 saturated carbocycles. The molecule has 0 aliphatic carbocycles. The SMILES string of the molecule is O=C1c2ccccc2C(=O)N1c1ccc(Oc2ccc(Cl)cc2)c(CO)c1. The number of benzene rings is 3. The Hall–Kier alpha value is -3.15. The fourth-order valence-electron chi connectivity index (χ4n) is 2.98. The summed E-state index contributed by atoms with van der Waals surface area (Å²) < 4.78 is 5.78. The molecule has 0 bridgehead atoms. The Labute approximate surface area is 160 Å². The number of carbonyl (C=O) groups is 2. The highest BCUT2D eigenvalue weighted by molar-refractivity contribution is 6.34. The van der Waals surface area contributed by atoms with Gasteiger partial charge in [-0.15, -0.1) is 0 Å². The van der Waals surface area contributed by atoms with Gasteiger partial charge in [-0.1, -0.05) is 23.7 Å². The number of aliphatic hydroxyl groups excluding tert-OH is 1. The van der Waals surface area contributed by atoms with Crippen LogP contribution in [0.4, 0.5) is 5.69 Å². The summed E-state index contributed by atoms with van der Waals surface area (Å²) in [6.45, 7) is -0.306. The van der Waals surface area contributed by atoms with Gasteiger partial charge >= 0.3 is 0 Å². The highest BCUT2D eigenvalue weighted by Crippen LogP contribution is 2.33. The summed E-state index contributed by atoms with van der Waals surface area (Å²) in [6, 6.07) is 18.3. The molecule has 3 aromatic rings. The lowest BCUT2D eigenvalue weighted by Gasteiger charge is -2.17. The number of halogens is 1. The second-order valence-corrected chi connectivity index (χ2v) is 6.43. The highest BCUT2D eigenvalue weighted by Gasteiger charge is 2.36. The van der Waals surface area contributed by atoms with Crippen LogP contribution < -0.4 is 9.64 Å². The van der Waals surface area contributed by atoms with Crippen molar-refractivity contribution in [2.24, 2.45) is 0 Å². The molecule has 3 aromatic carbocycles. The molecule has 0 radical (unpaired) electrons. The van der Waals surface area contributed by atoms with Crippen LogP contribution in [0.5, 0.6) is 11.5 Å². The minimum absolute atomic E-state index is 0.306. The van der Waals surface area contributed by atoms with E-state index in [4.69, 9.17) is 16.3 Å². The summed E-state index contributed by atoms with van der Waals surface area (Å²) in [7, 11) is 0. The minimum atomic E-state index is -0.383. The molecule has 5 nitrogen and oxygen atoms in total. The number of carbonyl (C=O) groups excluding carboxylic acids is 2. The summed E-state index contributed by atoms with van der Waals surface area (Å²) in [6.07, 6.45) is 0. The predicted octanol–water partition coefficient (Wildman–Crippen LogP) is 4.43. The van der Waals surface area contributed by atoms with Gasteiger partial charge in [0.25, 0.3) is 11.8 Å². The third-order valence-electron chi connectivity index (χ3n) is 4.31. The fourth-order valence-corrected chi connectivity index (χ4v) is 3.11. The van der Waals surface area contributed by atoms with Gasteiger partial charge in [0, 0.05) is 10.6 Å². The Morgan fingerprint density at radius 2 is 1.52 bits per heavy atom. The van der Waals surface area contributed by atoms with Crippen molar-refractivity contribution in [2.45, 2.75) is 6.61 Å². The summed E-state index contributed by atoms with van der Waals surface area (Å²) >= 11 is 5.87. The van der Waals surface area contributed by atoms with Crippen LogP contribution in [0.1, 0.15) is 26.3 Å². The van der Waals surface area contributed by atoms with Crippen LogP contribution in [0, 0.1) is 0 Å². The van der Waals surface area contributed by atoms with E-state index in [0.717, 1.165) is 4.90 Å². The minimum Gasteiger partial charge on any atom is -0.457 e.